The standard InChI is InChI=1S/C13H15Cl2N3/c1-9(2)16-8-11-5-6-18(17-11)13-7-10(14)3-4-12(13)15/h3-7,9,16H,8H2,1-2H3. The molecule has 2 rings (SSSR count). The van der Waals surface area contributed by atoms with Gasteiger partial charge in [-0.3, -0.25) is 0 Å². The molecule has 18 heavy (non-hydrogen) atoms. The first kappa shape index (κ1) is 13.4. The van der Waals surface area contributed by atoms with Gasteiger partial charge in [-0.25, -0.2) is 4.68 Å². The van der Waals surface area contributed by atoms with E-state index in [1.807, 2.05) is 12.3 Å². The number of halogens is 2. The topological polar surface area (TPSA) is 29.9 Å². The van der Waals surface area contributed by atoms with Crippen molar-refractivity contribution in [1.29, 1.82) is 0 Å². The number of hydrogen-bond acceptors (Lipinski definition) is 2. The lowest BCUT2D eigenvalue weighted by molar-refractivity contribution is 0.578. The van der Waals surface area contributed by atoms with Crippen molar-refractivity contribution >= 4 is 23.2 Å². The van der Waals surface area contributed by atoms with Crippen LogP contribution in [0.1, 0.15) is 19.5 Å². The molecule has 1 aromatic heterocycles. The monoisotopic (exact) mass is 283 g/mol. The molecule has 1 aromatic carbocycles. The second kappa shape index (κ2) is 5.74. The zero-order chi connectivity index (χ0) is 13.1. The molecule has 0 aliphatic carbocycles. The maximum atomic E-state index is 6.13. The molecule has 0 amide bonds. The summed E-state index contributed by atoms with van der Waals surface area (Å²) in [5.74, 6) is 0. The Morgan fingerprint density at radius 3 is 2.78 bits per heavy atom. The van der Waals surface area contributed by atoms with E-state index in [1.165, 1.54) is 0 Å². The number of hydrogen-bond donors (Lipinski definition) is 1. The highest BCUT2D eigenvalue weighted by molar-refractivity contribution is 6.34. The summed E-state index contributed by atoms with van der Waals surface area (Å²) in [6.07, 6.45) is 1.88. The van der Waals surface area contributed by atoms with Crippen LogP contribution in [0.5, 0.6) is 0 Å². The fraction of sp³-hybridized carbons (Fsp3) is 0.308. The van der Waals surface area contributed by atoms with E-state index in [-0.39, 0.29) is 0 Å². The maximum Gasteiger partial charge on any atom is 0.0846 e. The molecule has 0 saturated carbocycles. The van der Waals surface area contributed by atoms with E-state index in [9.17, 15) is 0 Å². The van der Waals surface area contributed by atoms with Gasteiger partial charge in [-0.2, -0.15) is 5.10 Å². The largest absolute Gasteiger partial charge is 0.309 e. The zero-order valence-corrected chi connectivity index (χ0v) is 11.8. The van der Waals surface area contributed by atoms with Crippen molar-refractivity contribution in [3.05, 3.63) is 46.2 Å². The lowest BCUT2D eigenvalue weighted by Gasteiger charge is -2.06. The average Bonchev–Trinajstić information content (AvgIpc) is 2.78. The first-order chi connectivity index (χ1) is 8.56. The molecule has 0 spiro atoms. The number of benzene rings is 1. The van der Waals surface area contributed by atoms with Gasteiger partial charge in [-0.1, -0.05) is 37.0 Å². The molecule has 3 nitrogen and oxygen atoms in total. The van der Waals surface area contributed by atoms with Crippen LogP contribution >= 0.6 is 23.2 Å². The smallest absolute Gasteiger partial charge is 0.0846 e. The van der Waals surface area contributed by atoms with Crippen molar-refractivity contribution in [1.82, 2.24) is 15.1 Å². The third-order valence-electron chi connectivity index (χ3n) is 2.49. The number of rotatable bonds is 4. The number of nitrogens with one attached hydrogen (secondary N) is 1. The van der Waals surface area contributed by atoms with Crippen LogP contribution < -0.4 is 5.32 Å². The van der Waals surface area contributed by atoms with Crippen molar-refractivity contribution in [2.45, 2.75) is 26.4 Å². The molecular weight excluding hydrogens is 269 g/mol. The van der Waals surface area contributed by atoms with Crippen molar-refractivity contribution in [2.24, 2.45) is 0 Å². The van der Waals surface area contributed by atoms with Crippen molar-refractivity contribution in [3.63, 3.8) is 0 Å². The molecule has 0 atom stereocenters. The number of nitrogens with zero attached hydrogens (tertiary/aromatic N) is 2. The minimum Gasteiger partial charge on any atom is -0.309 e. The average molecular weight is 284 g/mol. The molecule has 0 fully saturated rings. The lowest BCUT2D eigenvalue weighted by Crippen LogP contribution is -2.22. The molecule has 2 aromatic rings. The van der Waals surface area contributed by atoms with Crippen LogP contribution in [0.3, 0.4) is 0 Å². The van der Waals surface area contributed by atoms with Crippen LogP contribution in [0, 0.1) is 0 Å². The van der Waals surface area contributed by atoms with Crippen LogP contribution in [0.4, 0.5) is 0 Å². The van der Waals surface area contributed by atoms with Crippen LogP contribution in [0.2, 0.25) is 10.0 Å². The summed E-state index contributed by atoms with van der Waals surface area (Å²) in [6, 6.07) is 7.73. The Balaban J connectivity index is 2.21. The van der Waals surface area contributed by atoms with Gasteiger partial charge < -0.3 is 5.32 Å². The molecule has 0 aliphatic rings. The van der Waals surface area contributed by atoms with Crippen molar-refractivity contribution in [3.8, 4) is 5.69 Å². The molecule has 0 saturated heterocycles. The molecule has 0 unspecified atom stereocenters. The molecule has 5 heteroatoms. The summed E-state index contributed by atoms with van der Waals surface area (Å²) >= 11 is 12.1. The zero-order valence-electron chi connectivity index (χ0n) is 10.3. The molecule has 0 bridgehead atoms. The van der Waals surface area contributed by atoms with E-state index in [2.05, 4.69) is 24.3 Å². The second-order valence-corrected chi connectivity index (χ2v) is 5.23. The first-order valence-electron chi connectivity index (χ1n) is 5.79. The Morgan fingerprint density at radius 2 is 2.06 bits per heavy atom. The van der Waals surface area contributed by atoms with Crippen LogP contribution in [0.25, 0.3) is 5.69 Å². The Hall–Kier alpha value is -1.03. The summed E-state index contributed by atoms with van der Waals surface area (Å²) in [6.45, 7) is 4.94. The van der Waals surface area contributed by atoms with Gasteiger partial charge in [-0.15, -0.1) is 0 Å². The highest BCUT2D eigenvalue weighted by atomic mass is 35.5. The van der Waals surface area contributed by atoms with E-state index in [4.69, 9.17) is 23.2 Å². The molecule has 0 radical (unpaired) electrons. The van der Waals surface area contributed by atoms with Gasteiger partial charge in [0, 0.05) is 23.8 Å². The van der Waals surface area contributed by atoms with E-state index < -0.39 is 0 Å². The van der Waals surface area contributed by atoms with E-state index in [0.29, 0.717) is 16.1 Å². The first-order valence-corrected chi connectivity index (χ1v) is 6.55. The Labute approximate surface area is 117 Å². The minimum atomic E-state index is 0.435. The highest BCUT2D eigenvalue weighted by Crippen LogP contribution is 2.23. The van der Waals surface area contributed by atoms with Gasteiger partial charge in [0.15, 0.2) is 0 Å². The molecule has 0 aliphatic heterocycles. The highest BCUT2D eigenvalue weighted by Gasteiger charge is 2.06. The lowest BCUT2D eigenvalue weighted by atomic mass is 10.3. The summed E-state index contributed by atoms with van der Waals surface area (Å²) < 4.78 is 1.74. The third kappa shape index (κ3) is 3.25. The van der Waals surface area contributed by atoms with E-state index in [0.717, 1.165) is 17.9 Å². The van der Waals surface area contributed by atoms with E-state index >= 15 is 0 Å². The van der Waals surface area contributed by atoms with Gasteiger partial charge in [0.05, 0.1) is 16.4 Å². The van der Waals surface area contributed by atoms with Gasteiger partial charge >= 0.3 is 0 Å². The fourth-order valence-electron chi connectivity index (χ4n) is 1.56. The van der Waals surface area contributed by atoms with Crippen molar-refractivity contribution < 1.29 is 0 Å². The van der Waals surface area contributed by atoms with Crippen molar-refractivity contribution in [2.75, 3.05) is 0 Å². The van der Waals surface area contributed by atoms with Gasteiger partial charge in [-0.05, 0) is 24.3 Å². The Bertz CT molecular complexity index is 535. The SMILES string of the molecule is CC(C)NCc1ccn(-c2cc(Cl)ccc2Cl)n1. The summed E-state index contributed by atoms with van der Waals surface area (Å²) in [5, 5.41) is 9.06. The maximum absolute atomic E-state index is 6.13. The quantitative estimate of drug-likeness (QED) is 0.928. The summed E-state index contributed by atoms with van der Waals surface area (Å²) in [4.78, 5) is 0. The molecular formula is C13H15Cl2N3. The second-order valence-electron chi connectivity index (χ2n) is 4.38. The van der Waals surface area contributed by atoms with Crippen LogP contribution in [0.15, 0.2) is 30.5 Å². The Kier molecular flexibility index (Phi) is 4.27. The summed E-state index contributed by atoms with van der Waals surface area (Å²) in [7, 11) is 0. The van der Waals surface area contributed by atoms with Gasteiger partial charge in [0.1, 0.15) is 0 Å². The number of aromatic nitrogens is 2. The predicted molar refractivity (Wildman–Crippen MR) is 75.6 cm³/mol. The van der Waals surface area contributed by atoms with Crippen LogP contribution in [-0.4, -0.2) is 15.8 Å². The third-order valence-corrected chi connectivity index (χ3v) is 3.05. The Morgan fingerprint density at radius 1 is 1.28 bits per heavy atom. The summed E-state index contributed by atoms with van der Waals surface area (Å²) in [5.41, 5.74) is 1.76. The van der Waals surface area contributed by atoms with Crippen LogP contribution in [-0.2, 0) is 6.54 Å². The molecule has 1 heterocycles. The predicted octanol–water partition coefficient (Wildman–Crippen LogP) is 3.68. The fourth-order valence-corrected chi connectivity index (χ4v) is 1.93. The molecule has 96 valence electrons. The normalized spacial score (nSPS) is 11.2. The van der Waals surface area contributed by atoms with Gasteiger partial charge in [0.25, 0.3) is 0 Å². The molecule has 1 N–H and O–H groups in total. The minimum absolute atomic E-state index is 0.435. The van der Waals surface area contributed by atoms with E-state index in [1.54, 1.807) is 22.9 Å². The van der Waals surface area contributed by atoms with Gasteiger partial charge in [0.2, 0.25) is 0 Å².